The lowest BCUT2D eigenvalue weighted by Gasteiger charge is -2.29. The van der Waals surface area contributed by atoms with Crippen LogP contribution in [0.25, 0.3) is 10.8 Å². The SMILES string of the molecule is O=C(C1CC1)N1CCc2ccc(NS(=O)(=O)c3ccc4ccccc4c3)cc2C1. The molecule has 1 fully saturated rings. The zero-order valence-corrected chi connectivity index (χ0v) is 16.8. The van der Waals surface area contributed by atoms with E-state index in [0.717, 1.165) is 42.1 Å². The predicted molar refractivity (Wildman–Crippen MR) is 113 cm³/mol. The van der Waals surface area contributed by atoms with Gasteiger partial charge in [-0.3, -0.25) is 9.52 Å². The molecular formula is C23H22N2O3S. The maximum atomic E-state index is 12.9. The van der Waals surface area contributed by atoms with Gasteiger partial charge in [-0.1, -0.05) is 36.4 Å². The van der Waals surface area contributed by atoms with Crippen LogP contribution in [0, 0.1) is 5.92 Å². The van der Waals surface area contributed by atoms with Gasteiger partial charge in [-0.15, -0.1) is 0 Å². The third-order valence-electron chi connectivity index (χ3n) is 5.74. The Hall–Kier alpha value is -2.86. The number of nitrogens with zero attached hydrogens (tertiary/aromatic N) is 1. The summed E-state index contributed by atoms with van der Waals surface area (Å²) in [5, 5.41) is 1.88. The van der Waals surface area contributed by atoms with Crippen LogP contribution < -0.4 is 4.72 Å². The summed E-state index contributed by atoms with van der Waals surface area (Å²) in [6.07, 6.45) is 2.80. The van der Waals surface area contributed by atoms with E-state index in [2.05, 4.69) is 4.72 Å². The average molecular weight is 407 g/mol. The number of fused-ring (bicyclic) bond motifs is 2. The highest BCUT2D eigenvalue weighted by Gasteiger charge is 2.34. The van der Waals surface area contributed by atoms with Crippen molar-refractivity contribution in [2.75, 3.05) is 11.3 Å². The van der Waals surface area contributed by atoms with Gasteiger partial charge >= 0.3 is 0 Å². The number of rotatable bonds is 4. The normalized spacial score (nSPS) is 16.5. The Bertz CT molecular complexity index is 1220. The van der Waals surface area contributed by atoms with Crippen molar-refractivity contribution >= 4 is 32.4 Å². The molecule has 0 saturated heterocycles. The molecule has 0 unspecified atom stereocenters. The topological polar surface area (TPSA) is 66.5 Å². The molecule has 0 aromatic heterocycles. The highest BCUT2D eigenvalue weighted by atomic mass is 32.2. The van der Waals surface area contributed by atoms with Gasteiger partial charge in [-0.25, -0.2) is 8.42 Å². The van der Waals surface area contributed by atoms with Crippen LogP contribution in [-0.4, -0.2) is 25.8 Å². The molecule has 0 bridgehead atoms. The Morgan fingerprint density at radius 3 is 2.52 bits per heavy atom. The van der Waals surface area contributed by atoms with E-state index in [1.807, 2.05) is 47.4 Å². The Morgan fingerprint density at radius 1 is 0.931 bits per heavy atom. The van der Waals surface area contributed by atoms with E-state index in [4.69, 9.17) is 0 Å². The van der Waals surface area contributed by atoms with Gasteiger partial charge in [0.1, 0.15) is 0 Å². The molecule has 1 saturated carbocycles. The molecule has 0 spiro atoms. The number of amides is 1. The van der Waals surface area contributed by atoms with Crippen molar-refractivity contribution in [1.29, 1.82) is 0 Å². The molecule has 6 heteroatoms. The highest BCUT2D eigenvalue weighted by Crippen LogP contribution is 2.33. The maximum Gasteiger partial charge on any atom is 0.261 e. The molecule has 2 aliphatic rings. The smallest absolute Gasteiger partial charge is 0.261 e. The number of hydrogen-bond donors (Lipinski definition) is 1. The molecular weight excluding hydrogens is 384 g/mol. The first-order valence-corrected chi connectivity index (χ1v) is 11.4. The number of benzene rings is 3. The van der Waals surface area contributed by atoms with Gasteiger partial charge in [0.2, 0.25) is 5.91 Å². The second-order valence-electron chi connectivity index (χ2n) is 7.88. The van der Waals surface area contributed by atoms with Crippen molar-refractivity contribution in [1.82, 2.24) is 4.90 Å². The lowest BCUT2D eigenvalue weighted by atomic mass is 9.99. The molecule has 3 aromatic rings. The molecule has 29 heavy (non-hydrogen) atoms. The second kappa shape index (κ2) is 6.88. The predicted octanol–water partition coefficient (Wildman–Crippen LogP) is 3.94. The fourth-order valence-electron chi connectivity index (χ4n) is 3.95. The standard InChI is InChI=1S/C23H22N2O3S/c26-23(18-5-6-18)25-12-11-17-7-9-21(13-20(17)15-25)24-29(27,28)22-10-8-16-3-1-2-4-19(16)14-22/h1-4,7-10,13-14,18,24H,5-6,11-12,15H2. The average Bonchev–Trinajstić information content (AvgIpc) is 3.57. The fourth-order valence-corrected chi connectivity index (χ4v) is 5.03. The summed E-state index contributed by atoms with van der Waals surface area (Å²) in [6, 6.07) is 18.4. The van der Waals surface area contributed by atoms with E-state index in [-0.39, 0.29) is 16.7 Å². The van der Waals surface area contributed by atoms with Crippen LogP contribution in [0.2, 0.25) is 0 Å². The van der Waals surface area contributed by atoms with Crippen LogP contribution >= 0.6 is 0 Å². The Kier molecular flexibility index (Phi) is 4.32. The summed E-state index contributed by atoms with van der Waals surface area (Å²) < 4.78 is 28.5. The first-order valence-electron chi connectivity index (χ1n) is 9.92. The van der Waals surface area contributed by atoms with Crippen molar-refractivity contribution in [2.24, 2.45) is 5.92 Å². The van der Waals surface area contributed by atoms with E-state index in [9.17, 15) is 13.2 Å². The minimum atomic E-state index is -3.70. The third kappa shape index (κ3) is 3.60. The maximum absolute atomic E-state index is 12.9. The van der Waals surface area contributed by atoms with Gasteiger partial charge in [0.15, 0.2) is 0 Å². The molecule has 1 aliphatic carbocycles. The van der Waals surface area contributed by atoms with E-state index >= 15 is 0 Å². The summed E-state index contributed by atoms with van der Waals surface area (Å²) in [5.74, 6) is 0.434. The molecule has 5 rings (SSSR count). The summed E-state index contributed by atoms with van der Waals surface area (Å²) in [6.45, 7) is 1.29. The van der Waals surface area contributed by atoms with Gasteiger partial charge < -0.3 is 4.90 Å². The van der Waals surface area contributed by atoms with E-state index < -0.39 is 10.0 Å². The molecule has 1 N–H and O–H groups in total. The number of anilines is 1. The summed E-state index contributed by atoms with van der Waals surface area (Å²) >= 11 is 0. The van der Waals surface area contributed by atoms with Gasteiger partial charge in [-0.05, 0) is 65.4 Å². The number of carbonyl (C=O) groups excluding carboxylic acids is 1. The molecule has 1 heterocycles. The molecule has 3 aromatic carbocycles. The first-order chi connectivity index (χ1) is 14.0. The van der Waals surface area contributed by atoms with Crippen LogP contribution in [0.1, 0.15) is 24.0 Å². The van der Waals surface area contributed by atoms with Gasteiger partial charge in [0.05, 0.1) is 4.90 Å². The van der Waals surface area contributed by atoms with Gasteiger partial charge in [-0.2, -0.15) is 0 Å². The van der Waals surface area contributed by atoms with Gasteiger partial charge in [0.25, 0.3) is 10.0 Å². The summed E-state index contributed by atoms with van der Waals surface area (Å²) in [5.41, 5.74) is 2.72. The van der Waals surface area contributed by atoms with Crippen LogP contribution in [0.5, 0.6) is 0 Å². The zero-order valence-electron chi connectivity index (χ0n) is 16.0. The largest absolute Gasteiger partial charge is 0.338 e. The number of carbonyl (C=O) groups is 1. The minimum Gasteiger partial charge on any atom is -0.338 e. The van der Waals surface area contributed by atoms with Crippen LogP contribution in [0.4, 0.5) is 5.69 Å². The van der Waals surface area contributed by atoms with E-state index in [1.54, 1.807) is 18.2 Å². The van der Waals surface area contributed by atoms with Crippen molar-refractivity contribution < 1.29 is 13.2 Å². The second-order valence-corrected chi connectivity index (χ2v) is 9.56. The number of sulfonamides is 1. The fraction of sp³-hybridized carbons (Fsp3) is 0.261. The van der Waals surface area contributed by atoms with E-state index in [0.29, 0.717) is 12.2 Å². The van der Waals surface area contributed by atoms with E-state index in [1.165, 1.54) is 5.56 Å². The van der Waals surface area contributed by atoms with Crippen molar-refractivity contribution in [3.8, 4) is 0 Å². The van der Waals surface area contributed by atoms with Crippen molar-refractivity contribution in [2.45, 2.75) is 30.7 Å². The summed E-state index contributed by atoms with van der Waals surface area (Å²) in [4.78, 5) is 14.5. The van der Waals surface area contributed by atoms with Crippen LogP contribution in [0.3, 0.4) is 0 Å². The third-order valence-corrected chi connectivity index (χ3v) is 7.12. The Labute approximate surface area is 170 Å². The first kappa shape index (κ1) is 18.2. The monoisotopic (exact) mass is 406 g/mol. The Balaban J connectivity index is 1.39. The van der Waals surface area contributed by atoms with Gasteiger partial charge in [0, 0.05) is 24.7 Å². The van der Waals surface area contributed by atoms with Crippen LogP contribution in [-0.2, 0) is 27.8 Å². The number of hydrogen-bond acceptors (Lipinski definition) is 3. The molecule has 5 nitrogen and oxygen atoms in total. The van der Waals surface area contributed by atoms with Crippen LogP contribution in [0.15, 0.2) is 65.6 Å². The molecule has 1 aliphatic heterocycles. The minimum absolute atomic E-state index is 0.200. The zero-order chi connectivity index (χ0) is 20.0. The molecule has 1 amide bonds. The quantitative estimate of drug-likeness (QED) is 0.714. The van der Waals surface area contributed by atoms with Crippen molar-refractivity contribution in [3.63, 3.8) is 0 Å². The lowest BCUT2D eigenvalue weighted by Crippen LogP contribution is -2.36. The molecule has 0 radical (unpaired) electrons. The Morgan fingerprint density at radius 2 is 1.72 bits per heavy atom. The number of nitrogens with one attached hydrogen (secondary N) is 1. The molecule has 148 valence electrons. The summed E-state index contributed by atoms with van der Waals surface area (Å²) in [7, 11) is -3.70. The highest BCUT2D eigenvalue weighted by molar-refractivity contribution is 7.92. The molecule has 0 atom stereocenters. The lowest BCUT2D eigenvalue weighted by molar-refractivity contribution is -0.133. The van der Waals surface area contributed by atoms with Crippen molar-refractivity contribution in [3.05, 3.63) is 71.8 Å².